The highest BCUT2D eigenvalue weighted by molar-refractivity contribution is 7.09. The van der Waals surface area contributed by atoms with Crippen LogP contribution in [0.15, 0.2) is 11.6 Å². The largest absolute Gasteiger partial charge is 0.306 e. The van der Waals surface area contributed by atoms with Crippen LogP contribution in [-0.4, -0.2) is 11.5 Å². The molecule has 0 aromatic carbocycles. The lowest BCUT2D eigenvalue weighted by Crippen LogP contribution is -2.41. The minimum absolute atomic E-state index is 0.124. The zero-order chi connectivity index (χ0) is 11.1. The highest BCUT2D eigenvalue weighted by Crippen LogP contribution is 2.31. The second-order valence-corrected chi connectivity index (χ2v) is 4.80. The van der Waals surface area contributed by atoms with Gasteiger partial charge in [-0.05, 0) is 19.4 Å². The van der Waals surface area contributed by atoms with Crippen molar-refractivity contribution < 1.29 is 0 Å². The van der Waals surface area contributed by atoms with Gasteiger partial charge >= 0.3 is 0 Å². The summed E-state index contributed by atoms with van der Waals surface area (Å²) in [5, 5.41) is 6.95. The first kappa shape index (κ1) is 12.7. The summed E-state index contributed by atoms with van der Waals surface area (Å²) in [4.78, 5) is 4.49. The number of unbranched alkanes of at least 4 members (excludes halogenated alkanes) is 1. The Labute approximate surface area is 97.1 Å². The lowest BCUT2D eigenvalue weighted by atomic mass is 9.90. The van der Waals surface area contributed by atoms with Gasteiger partial charge in [-0.15, -0.1) is 11.3 Å². The van der Waals surface area contributed by atoms with Crippen molar-refractivity contribution in [2.24, 2.45) is 0 Å². The molecule has 0 aliphatic heterocycles. The Morgan fingerprint density at radius 3 is 2.67 bits per heavy atom. The molecule has 0 bridgehead atoms. The highest BCUT2D eigenvalue weighted by atomic mass is 32.1. The molecule has 86 valence electrons. The zero-order valence-electron chi connectivity index (χ0n) is 10.0. The van der Waals surface area contributed by atoms with Crippen molar-refractivity contribution in [2.45, 2.75) is 52.0 Å². The van der Waals surface area contributed by atoms with E-state index in [9.17, 15) is 0 Å². The van der Waals surface area contributed by atoms with Crippen LogP contribution in [0.4, 0.5) is 0 Å². The Morgan fingerprint density at radius 1 is 1.40 bits per heavy atom. The summed E-state index contributed by atoms with van der Waals surface area (Å²) in [6.07, 6.45) is 6.74. The third-order valence-corrected chi connectivity index (χ3v) is 3.89. The molecule has 2 nitrogen and oxygen atoms in total. The molecular weight excluding hydrogens is 204 g/mol. The first-order valence-corrected chi connectivity index (χ1v) is 6.82. The molecule has 15 heavy (non-hydrogen) atoms. The first-order valence-electron chi connectivity index (χ1n) is 5.94. The smallest absolute Gasteiger partial charge is 0.113 e. The summed E-state index contributed by atoms with van der Waals surface area (Å²) in [6.45, 7) is 7.68. The molecule has 1 rings (SSSR count). The van der Waals surface area contributed by atoms with Gasteiger partial charge in [-0.3, -0.25) is 0 Å². The number of thiazole rings is 1. The summed E-state index contributed by atoms with van der Waals surface area (Å²) in [5.41, 5.74) is 0.124. The quantitative estimate of drug-likeness (QED) is 0.769. The maximum Gasteiger partial charge on any atom is 0.113 e. The molecule has 1 N–H and O–H groups in total. The monoisotopic (exact) mass is 226 g/mol. The van der Waals surface area contributed by atoms with Crippen LogP contribution >= 0.6 is 11.3 Å². The standard InChI is InChI=1S/C12H22N2S/c1-4-7-8-12(5-2,14-6-3)11-13-9-10-15-11/h9-10,14H,4-8H2,1-3H3. The molecule has 0 aliphatic carbocycles. The van der Waals surface area contributed by atoms with Crippen molar-refractivity contribution in [3.63, 3.8) is 0 Å². The number of aromatic nitrogens is 1. The lowest BCUT2D eigenvalue weighted by Gasteiger charge is -2.31. The topological polar surface area (TPSA) is 24.9 Å². The summed E-state index contributed by atoms with van der Waals surface area (Å²) >= 11 is 1.77. The number of rotatable bonds is 7. The van der Waals surface area contributed by atoms with Gasteiger partial charge in [-0.2, -0.15) is 0 Å². The van der Waals surface area contributed by atoms with E-state index in [1.807, 2.05) is 6.20 Å². The average molecular weight is 226 g/mol. The van der Waals surface area contributed by atoms with Crippen molar-refractivity contribution in [2.75, 3.05) is 6.54 Å². The van der Waals surface area contributed by atoms with Gasteiger partial charge in [0.05, 0.1) is 5.54 Å². The maximum absolute atomic E-state index is 4.49. The normalized spacial score (nSPS) is 15.1. The van der Waals surface area contributed by atoms with Gasteiger partial charge in [0.25, 0.3) is 0 Å². The van der Waals surface area contributed by atoms with Crippen LogP contribution in [0, 0.1) is 0 Å². The van der Waals surface area contributed by atoms with Crippen LogP contribution in [0.2, 0.25) is 0 Å². The Morgan fingerprint density at radius 2 is 2.20 bits per heavy atom. The van der Waals surface area contributed by atoms with E-state index in [-0.39, 0.29) is 5.54 Å². The minimum atomic E-state index is 0.124. The van der Waals surface area contributed by atoms with Crippen molar-refractivity contribution in [3.8, 4) is 0 Å². The van der Waals surface area contributed by atoms with E-state index < -0.39 is 0 Å². The van der Waals surface area contributed by atoms with E-state index in [1.54, 1.807) is 11.3 Å². The van der Waals surface area contributed by atoms with Crippen molar-refractivity contribution in [1.29, 1.82) is 0 Å². The summed E-state index contributed by atoms with van der Waals surface area (Å²) in [7, 11) is 0. The molecule has 1 atom stereocenters. The molecule has 0 amide bonds. The number of nitrogens with one attached hydrogen (secondary N) is 1. The van der Waals surface area contributed by atoms with Crippen molar-refractivity contribution in [1.82, 2.24) is 10.3 Å². The van der Waals surface area contributed by atoms with Crippen LogP contribution < -0.4 is 5.32 Å². The molecule has 3 heteroatoms. The summed E-state index contributed by atoms with van der Waals surface area (Å²) in [6, 6.07) is 0. The predicted molar refractivity (Wildman–Crippen MR) is 67.3 cm³/mol. The third kappa shape index (κ3) is 3.02. The van der Waals surface area contributed by atoms with E-state index in [2.05, 4.69) is 36.5 Å². The third-order valence-electron chi connectivity index (χ3n) is 2.92. The van der Waals surface area contributed by atoms with Gasteiger partial charge in [-0.1, -0.05) is 33.6 Å². The van der Waals surface area contributed by atoms with E-state index in [0.29, 0.717) is 0 Å². The Balaban J connectivity index is 2.82. The Kier molecular flexibility index (Phi) is 5.26. The predicted octanol–water partition coefficient (Wildman–Crippen LogP) is 3.55. The molecular formula is C12H22N2S. The van der Waals surface area contributed by atoms with Crippen molar-refractivity contribution in [3.05, 3.63) is 16.6 Å². The molecule has 0 saturated carbocycles. The van der Waals surface area contributed by atoms with E-state index >= 15 is 0 Å². The summed E-state index contributed by atoms with van der Waals surface area (Å²) < 4.78 is 0. The zero-order valence-corrected chi connectivity index (χ0v) is 10.9. The van der Waals surface area contributed by atoms with Crippen LogP contribution in [-0.2, 0) is 5.54 Å². The number of hydrogen-bond acceptors (Lipinski definition) is 3. The number of nitrogens with zero attached hydrogens (tertiary/aromatic N) is 1. The molecule has 0 aliphatic rings. The lowest BCUT2D eigenvalue weighted by molar-refractivity contribution is 0.293. The molecule has 1 aromatic rings. The molecule has 0 saturated heterocycles. The van der Waals surface area contributed by atoms with E-state index in [4.69, 9.17) is 0 Å². The minimum Gasteiger partial charge on any atom is -0.306 e. The molecule has 0 spiro atoms. The van der Waals surface area contributed by atoms with Crippen LogP contribution in [0.3, 0.4) is 0 Å². The second-order valence-electron chi connectivity index (χ2n) is 3.91. The van der Waals surface area contributed by atoms with Gasteiger partial charge in [0.1, 0.15) is 5.01 Å². The first-order chi connectivity index (χ1) is 7.29. The molecule has 1 unspecified atom stereocenters. The molecule has 0 radical (unpaired) electrons. The number of hydrogen-bond donors (Lipinski definition) is 1. The van der Waals surface area contributed by atoms with Gasteiger partial charge in [0.2, 0.25) is 0 Å². The van der Waals surface area contributed by atoms with Crippen LogP contribution in [0.25, 0.3) is 0 Å². The van der Waals surface area contributed by atoms with Gasteiger partial charge < -0.3 is 5.32 Å². The highest BCUT2D eigenvalue weighted by Gasteiger charge is 2.30. The van der Waals surface area contributed by atoms with Crippen LogP contribution in [0.5, 0.6) is 0 Å². The van der Waals surface area contributed by atoms with E-state index in [1.165, 1.54) is 24.3 Å². The molecule has 1 aromatic heterocycles. The van der Waals surface area contributed by atoms with Gasteiger partial charge in [0, 0.05) is 11.6 Å². The fourth-order valence-corrected chi connectivity index (χ4v) is 2.92. The molecule has 0 fully saturated rings. The SMILES string of the molecule is CCCCC(CC)(NCC)c1nccs1. The van der Waals surface area contributed by atoms with Crippen LogP contribution in [0.1, 0.15) is 51.5 Å². The second kappa shape index (κ2) is 6.23. The van der Waals surface area contributed by atoms with E-state index in [0.717, 1.165) is 13.0 Å². The fraction of sp³-hybridized carbons (Fsp3) is 0.750. The van der Waals surface area contributed by atoms with Crippen molar-refractivity contribution >= 4 is 11.3 Å². The summed E-state index contributed by atoms with van der Waals surface area (Å²) in [5.74, 6) is 0. The average Bonchev–Trinajstić information content (AvgIpc) is 2.78. The van der Waals surface area contributed by atoms with Gasteiger partial charge in [-0.25, -0.2) is 4.98 Å². The van der Waals surface area contributed by atoms with Gasteiger partial charge in [0.15, 0.2) is 0 Å². The Bertz CT molecular complexity index is 259. The fourth-order valence-electron chi connectivity index (χ4n) is 2.00. The maximum atomic E-state index is 4.49. The molecule has 1 heterocycles. The Hall–Kier alpha value is -0.410.